The molecule has 0 amide bonds. The number of rotatable bonds is 5. The molecule has 0 saturated heterocycles. The Morgan fingerprint density at radius 1 is 1.32 bits per heavy atom. The van der Waals surface area contributed by atoms with Crippen LogP contribution in [0.3, 0.4) is 0 Å². The quantitative estimate of drug-likeness (QED) is 0.892. The minimum atomic E-state index is -1.06. The Kier molecular flexibility index (Phi) is 3.97. The van der Waals surface area contributed by atoms with Crippen LogP contribution in [-0.2, 0) is 6.61 Å². The first-order chi connectivity index (χ1) is 9.20. The summed E-state index contributed by atoms with van der Waals surface area (Å²) in [7, 11) is 1.46. The molecule has 5 heteroatoms. The second-order valence-electron chi connectivity index (χ2n) is 3.81. The Morgan fingerprint density at radius 2 is 2.05 bits per heavy atom. The predicted molar refractivity (Wildman–Crippen MR) is 68.5 cm³/mol. The molecule has 1 heterocycles. The first-order valence-corrected chi connectivity index (χ1v) is 5.64. The number of pyridine rings is 1. The standard InChI is InChI=1S/C14H13NO4/c1-18-13-12(7-11(8-15-13)14(16)17)19-9-10-5-3-2-4-6-10/h2-8H,9H2,1H3,(H,16,17). The van der Waals surface area contributed by atoms with Gasteiger partial charge < -0.3 is 14.6 Å². The van der Waals surface area contributed by atoms with Crippen molar-refractivity contribution in [3.05, 3.63) is 53.7 Å². The summed E-state index contributed by atoms with van der Waals surface area (Å²) in [6.07, 6.45) is 1.23. The molecule has 98 valence electrons. The Balaban J connectivity index is 2.18. The van der Waals surface area contributed by atoms with Crippen LogP contribution in [0, 0.1) is 0 Å². The maximum absolute atomic E-state index is 10.9. The fourth-order valence-electron chi connectivity index (χ4n) is 1.54. The summed E-state index contributed by atoms with van der Waals surface area (Å²) in [4.78, 5) is 14.8. The molecule has 0 bridgehead atoms. The van der Waals surface area contributed by atoms with Gasteiger partial charge in [0.1, 0.15) is 6.61 Å². The van der Waals surface area contributed by atoms with Crippen LogP contribution in [0.15, 0.2) is 42.6 Å². The number of hydrogen-bond acceptors (Lipinski definition) is 4. The Bertz CT molecular complexity index is 569. The highest BCUT2D eigenvalue weighted by Crippen LogP contribution is 2.26. The molecule has 1 aromatic heterocycles. The number of ether oxygens (including phenoxy) is 2. The number of carboxylic acids is 1. The third kappa shape index (κ3) is 3.22. The van der Waals surface area contributed by atoms with Crippen LogP contribution in [0.4, 0.5) is 0 Å². The third-order valence-electron chi connectivity index (χ3n) is 2.50. The van der Waals surface area contributed by atoms with Crippen molar-refractivity contribution >= 4 is 5.97 Å². The molecule has 0 unspecified atom stereocenters. The molecule has 0 radical (unpaired) electrons. The summed E-state index contributed by atoms with van der Waals surface area (Å²) >= 11 is 0. The second kappa shape index (κ2) is 5.86. The molecule has 2 rings (SSSR count). The van der Waals surface area contributed by atoms with E-state index in [-0.39, 0.29) is 11.4 Å². The van der Waals surface area contributed by atoms with Gasteiger partial charge in [-0.3, -0.25) is 0 Å². The minimum Gasteiger partial charge on any atom is -0.483 e. The summed E-state index contributed by atoms with van der Waals surface area (Å²) in [5.74, 6) is -0.480. The lowest BCUT2D eigenvalue weighted by Crippen LogP contribution is -2.03. The first kappa shape index (κ1) is 12.9. The van der Waals surface area contributed by atoms with E-state index < -0.39 is 5.97 Å². The topological polar surface area (TPSA) is 68.7 Å². The van der Waals surface area contributed by atoms with Crippen LogP contribution in [-0.4, -0.2) is 23.2 Å². The van der Waals surface area contributed by atoms with Crippen LogP contribution in [0.25, 0.3) is 0 Å². The molecule has 0 aliphatic carbocycles. The summed E-state index contributed by atoms with van der Waals surface area (Å²) in [6.45, 7) is 0.321. The zero-order chi connectivity index (χ0) is 13.7. The largest absolute Gasteiger partial charge is 0.483 e. The van der Waals surface area contributed by atoms with E-state index in [0.29, 0.717) is 12.4 Å². The molecule has 0 aliphatic rings. The summed E-state index contributed by atoms with van der Waals surface area (Å²) < 4.78 is 10.6. The maximum Gasteiger partial charge on any atom is 0.337 e. The van der Waals surface area contributed by atoms with E-state index in [0.717, 1.165) is 5.56 Å². The number of carbonyl (C=O) groups is 1. The summed E-state index contributed by atoms with van der Waals surface area (Å²) in [6, 6.07) is 11.0. The lowest BCUT2D eigenvalue weighted by Gasteiger charge is -2.10. The van der Waals surface area contributed by atoms with Crippen molar-refractivity contribution < 1.29 is 19.4 Å². The molecular formula is C14H13NO4. The van der Waals surface area contributed by atoms with Crippen LogP contribution in [0.5, 0.6) is 11.6 Å². The summed E-state index contributed by atoms with van der Waals surface area (Å²) in [5, 5.41) is 8.92. The molecule has 0 fully saturated rings. The van der Waals surface area contributed by atoms with Gasteiger partial charge in [-0.25, -0.2) is 9.78 Å². The molecule has 0 aliphatic heterocycles. The fraction of sp³-hybridized carbons (Fsp3) is 0.143. The van der Waals surface area contributed by atoms with Crippen molar-refractivity contribution in [2.45, 2.75) is 6.61 Å². The predicted octanol–water partition coefficient (Wildman–Crippen LogP) is 2.37. The smallest absolute Gasteiger partial charge is 0.337 e. The van der Waals surface area contributed by atoms with E-state index in [9.17, 15) is 4.79 Å². The van der Waals surface area contributed by atoms with Crippen molar-refractivity contribution in [1.82, 2.24) is 4.98 Å². The van der Waals surface area contributed by atoms with Gasteiger partial charge in [-0.05, 0) is 5.56 Å². The lowest BCUT2D eigenvalue weighted by molar-refractivity contribution is 0.0695. The molecule has 5 nitrogen and oxygen atoms in total. The number of aromatic nitrogens is 1. The number of aromatic carboxylic acids is 1. The van der Waals surface area contributed by atoms with Crippen molar-refractivity contribution in [2.24, 2.45) is 0 Å². The highest BCUT2D eigenvalue weighted by molar-refractivity contribution is 5.87. The van der Waals surface area contributed by atoms with Gasteiger partial charge in [0.25, 0.3) is 5.88 Å². The van der Waals surface area contributed by atoms with E-state index in [1.807, 2.05) is 30.3 Å². The van der Waals surface area contributed by atoms with Gasteiger partial charge in [-0.1, -0.05) is 30.3 Å². The molecular weight excluding hydrogens is 246 g/mol. The van der Waals surface area contributed by atoms with Crippen molar-refractivity contribution in [1.29, 1.82) is 0 Å². The number of hydrogen-bond donors (Lipinski definition) is 1. The van der Waals surface area contributed by atoms with E-state index in [1.54, 1.807) is 0 Å². The zero-order valence-corrected chi connectivity index (χ0v) is 10.4. The average Bonchev–Trinajstić information content (AvgIpc) is 2.45. The summed E-state index contributed by atoms with van der Waals surface area (Å²) in [5.41, 5.74) is 1.04. The van der Waals surface area contributed by atoms with Crippen LogP contribution < -0.4 is 9.47 Å². The molecule has 0 saturated carbocycles. The van der Waals surface area contributed by atoms with Gasteiger partial charge in [0.05, 0.1) is 12.7 Å². The number of benzene rings is 1. The van der Waals surface area contributed by atoms with Crippen molar-refractivity contribution in [3.8, 4) is 11.6 Å². The first-order valence-electron chi connectivity index (χ1n) is 5.64. The average molecular weight is 259 g/mol. The van der Waals surface area contributed by atoms with Crippen molar-refractivity contribution in [3.63, 3.8) is 0 Å². The highest BCUT2D eigenvalue weighted by Gasteiger charge is 2.11. The second-order valence-corrected chi connectivity index (χ2v) is 3.81. The fourth-order valence-corrected chi connectivity index (χ4v) is 1.54. The number of methoxy groups -OCH3 is 1. The van der Waals surface area contributed by atoms with Crippen LogP contribution in [0.2, 0.25) is 0 Å². The van der Waals surface area contributed by atoms with Crippen molar-refractivity contribution in [2.75, 3.05) is 7.11 Å². The van der Waals surface area contributed by atoms with Gasteiger partial charge in [-0.2, -0.15) is 0 Å². The van der Waals surface area contributed by atoms with Gasteiger partial charge >= 0.3 is 5.97 Å². The Labute approximate surface area is 110 Å². The van der Waals surface area contributed by atoms with Gasteiger partial charge in [0, 0.05) is 12.3 Å². The zero-order valence-electron chi connectivity index (χ0n) is 10.4. The van der Waals surface area contributed by atoms with Crippen LogP contribution >= 0.6 is 0 Å². The third-order valence-corrected chi connectivity index (χ3v) is 2.50. The highest BCUT2D eigenvalue weighted by atomic mass is 16.5. The molecule has 1 aromatic carbocycles. The van der Waals surface area contributed by atoms with Crippen LogP contribution in [0.1, 0.15) is 15.9 Å². The van der Waals surface area contributed by atoms with Gasteiger partial charge in [0.2, 0.25) is 0 Å². The monoisotopic (exact) mass is 259 g/mol. The van der Waals surface area contributed by atoms with E-state index in [4.69, 9.17) is 14.6 Å². The molecule has 0 atom stereocenters. The SMILES string of the molecule is COc1ncc(C(=O)O)cc1OCc1ccccc1. The number of nitrogens with zero attached hydrogens (tertiary/aromatic N) is 1. The molecule has 19 heavy (non-hydrogen) atoms. The molecule has 1 N–H and O–H groups in total. The van der Waals surface area contributed by atoms with E-state index >= 15 is 0 Å². The normalized spacial score (nSPS) is 9.95. The van der Waals surface area contributed by atoms with E-state index in [1.165, 1.54) is 19.4 Å². The lowest BCUT2D eigenvalue weighted by atomic mass is 10.2. The maximum atomic E-state index is 10.9. The Morgan fingerprint density at radius 3 is 2.68 bits per heavy atom. The molecule has 0 spiro atoms. The number of carboxylic acid groups (broad SMARTS) is 1. The molecule has 2 aromatic rings. The minimum absolute atomic E-state index is 0.0591. The Hall–Kier alpha value is -2.56. The van der Waals surface area contributed by atoms with Gasteiger partial charge in [0.15, 0.2) is 5.75 Å². The van der Waals surface area contributed by atoms with E-state index in [2.05, 4.69) is 4.98 Å². The van der Waals surface area contributed by atoms with Gasteiger partial charge in [-0.15, -0.1) is 0 Å².